The highest BCUT2D eigenvalue weighted by Crippen LogP contribution is 2.30. The molecule has 6 heteroatoms. The predicted molar refractivity (Wildman–Crippen MR) is 104 cm³/mol. The van der Waals surface area contributed by atoms with Gasteiger partial charge in [0.25, 0.3) is 0 Å². The lowest BCUT2D eigenvalue weighted by Gasteiger charge is -2.22. The fourth-order valence-electron chi connectivity index (χ4n) is 3.20. The molecule has 1 aliphatic rings. The summed E-state index contributed by atoms with van der Waals surface area (Å²) in [4.78, 5) is 0. The number of rotatable bonds is 4. The largest absolute Gasteiger partial charge is 0.476 e. The van der Waals surface area contributed by atoms with E-state index in [1.54, 1.807) is 0 Å². The molecule has 2 heterocycles. The molecule has 1 atom stereocenters. The Morgan fingerprint density at radius 2 is 2.04 bits per heavy atom. The summed E-state index contributed by atoms with van der Waals surface area (Å²) in [5.41, 5.74) is 2.02. The van der Waals surface area contributed by atoms with Crippen LogP contribution in [0, 0.1) is 5.92 Å². The maximum absolute atomic E-state index is 6.19. The van der Waals surface area contributed by atoms with Crippen molar-refractivity contribution in [1.29, 1.82) is 0 Å². The molecule has 0 amide bonds. The number of benzene rings is 2. The maximum Gasteiger partial charge on any atom is 0.241 e. The summed E-state index contributed by atoms with van der Waals surface area (Å²) in [5, 5.41) is 9.77. The topological polar surface area (TPSA) is 39.1 Å². The molecule has 0 radical (unpaired) electrons. The number of piperidine rings is 1. The van der Waals surface area contributed by atoms with Crippen molar-refractivity contribution in [3.8, 4) is 11.6 Å². The SMILES string of the molecule is Cl.Clc1ccc2c(c1)c(OCC1CCCNC1)nn2-c1ccccc1. The first kappa shape index (κ1) is 18.1. The van der Waals surface area contributed by atoms with Gasteiger partial charge in [0.05, 0.1) is 23.2 Å². The Kier molecular flexibility index (Phi) is 5.84. The molecule has 4 nitrogen and oxygen atoms in total. The molecule has 132 valence electrons. The molecule has 0 saturated carbocycles. The molecule has 1 unspecified atom stereocenters. The van der Waals surface area contributed by atoms with E-state index in [1.165, 1.54) is 12.8 Å². The van der Waals surface area contributed by atoms with Gasteiger partial charge in [0.2, 0.25) is 5.88 Å². The van der Waals surface area contributed by atoms with Crippen molar-refractivity contribution in [3.63, 3.8) is 0 Å². The minimum Gasteiger partial charge on any atom is -0.476 e. The van der Waals surface area contributed by atoms with Gasteiger partial charge in [-0.3, -0.25) is 0 Å². The lowest BCUT2D eigenvalue weighted by molar-refractivity contribution is 0.213. The van der Waals surface area contributed by atoms with Crippen LogP contribution in [0.2, 0.25) is 5.02 Å². The van der Waals surface area contributed by atoms with Crippen LogP contribution < -0.4 is 10.1 Å². The van der Waals surface area contributed by atoms with Crippen molar-refractivity contribution in [2.45, 2.75) is 12.8 Å². The Balaban J connectivity index is 0.00000182. The monoisotopic (exact) mass is 377 g/mol. The van der Waals surface area contributed by atoms with E-state index in [1.807, 2.05) is 53.2 Å². The van der Waals surface area contributed by atoms with E-state index < -0.39 is 0 Å². The van der Waals surface area contributed by atoms with Crippen LogP contribution in [0.4, 0.5) is 0 Å². The summed E-state index contributed by atoms with van der Waals surface area (Å²) in [6, 6.07) is 15.9. The quantitative estimate of drug-likeness (QED) is 0.728. The number of hydrogen-bond donors (Lipinski definition) is 1. The lowest BCUT2D eigenvalue weighted by Crippen LogP contribution is -2.33. The van der Waals surface area contributed by atoms with E-state index in [0.717, 1.165) is 29.7 Å². The number of aromatic nitrogens is 2. The van der Waals surface area contributed by atoms with Crippen molar-refractivity contribution in [3.05, 3.63) is 53.6 Å². The Bertz CT molecular complexity index is 829. The Hall–Kier alpha value is -1.75. The number of ether oxygens (including phenoxy) is 1. The minimum atomic E-state index is 0. The Morgan fingerprint density at radius 3 is 2.80 bits per heavy atom. The second-order valence-electron chi connectivity index (χ2n) is 6.24. The van der Waals surface area contributed by atoms with E-state index in [4.69, 9.17) is 21.4 Å². The summed E-state index contributed by atoms with van der Waals surface area (Å²) >= 11 is 6.19. The average Bonchev–Trinajstić information content (AvgIpc) is 2.99. The molecular formula is C19H21Cl2N3O. The highest BCUT2D eigenvalue weighted by molar-refractivity contribution is 6.31. The molecule has 1 saturated heterocycles. The third-order valence-corrected chi connectivity index (χ3v) is 4.70. The molecule has 4 rings (SSSR count). The first-order chi connectivity index (χ1) is 11.8. The molecule has 1 N–H and O–H groups in total. The minimum absolute atomic E-state index is 0. The number of para-hydroxylation sites is 1. The van der Waals surface area contributed by atoms with E-state index in [2.05, 4.69) is 5.32 Å². The molecule has 25 heavy (non-hydrogen) atoms. The maximum atomic E-state index is 6.19. The molecule has 1 aliphatic heterocycles. The molecule has 1 fully saturated rings. The van der Waals surface area contributed by atoms with Gasteiger partial charge in [-0.2, -0.15) is 0 Å². The molecule has 0 aliphatic carbocycles. The lowest BCUT2D eigenvalue weighted by atomic mass is 10.0. The molecule has 3 aromatic rings. The van der Waals surface area contributed by atoms with E-state index >= 15 is 0 Å². The van der Waals surface area contributed by atoms with Crippen LogP contribution in [0.15, 0.2) is 48.5 Å². The summed E-state index contributed by atoms with van der Waals surface area (Å²) in [6.07, 6.45) is 2.41. The van der Waals surface area contributed by atoms with Crippen LogP contribution >= 0.6 is 24.0 Å². The fraction of sp³-hybridized carbons (Fsp3) is 0.316. The van der Waals surface area contributed by atoms with E-state index in [9.17, 15) is 0 Å². The second kappa shape index (κ2) is 8.09. The van der Waals surface area contributed by atoms with Crippen molar-refractivity contribution in [1.82, 2.24) is 15.1 Å². The fourth-order valence-corrected chi connectivity index (χ4v) is 3.37. The van der Waals surface area contributed by atoms with Crippen LogP contribution in [-0.4, -0.2) is 29.5 Å². The van der Waals surface area contributed by atoms with Crippen molar-refractivity contribution in [2.24, 2.45) is 5.92 Å². The normalized spacial score (nSPS) is 17.2. The standard InChI is InChI=1S/C19H20ClN3O.ClH/c20-15-8-9-18-17(11-15)19(24-13-14-5-4-10-21-12-14)22-23(18)16-6-2-1-3-7-16;/h1-3,6-9,11,14,21H,4-5,10,12-13H2;1H. The Morgan fingerprint density at radius 1 is 1.20 bits per heavy atom. The highest BCUT2D eigenvalue weighted by atomic mass is 35.5. The first-order valence-electron chi connectivity index (χ1n) is 8.38. The summed E-state index contributed by atoms with van der Waals surface area (Å²) in [5.74, 6) is 1.19. The van der Waals surface area contributed by atoms with Crippen molar-refractivity contribution < 1.29 is 4.74 Å². The molecule has 0 bridgehead atoms. The molecule has 1 aromatic heterocycles. The third kappa shape index (κ3) is 3.92. The van der Waals surface area contributed by atoms with Crippen LogP contribution in [0.25, 0.3) is 16.6 Å². The molecule has 2 aromatic carbocycles. The van der Waals surface area contributed by atoms with Gasteiger partial charge in [0, 0.05) is 17.5 Å². The van der Waals surface area contributed by atoms with Gasteiger partial charge < -0.3 is 10.1 Å². The molecular weight excluding hydrogens is 357 g/mol. The van der Waals surface area contributed by atoms with E-state index in [-0.39, 0.29) is 12.4 Å². The average molecular weight is 378 g/mol. The number of hydrogen-bond acceptors (Lipinski definition) is 3. The van der Waals surface area contributed by atoms with Gasteiger partial charge in [-0.05, 0) is 49.7 Å². The third-order valence-electron chi connectivity index (χ3n) is 4.46. The zero-order valence-corrected chi connectivity index (χ0v) is 15.4. The van der Waals surface area contributed by atoms with Crippen LogP contribution in [0.5, 0.6) is 5.88 Å². The van der Waals surface area contributed by atoms with Crippen LogP contribution in [-0.2, 0) is 0 Å². The zero-order valence-electron chi connectivity index (χ0n) is 13.8. The summed E-state index contributed by atoms with van der Waals surface area (Å²) in [6.45, 7) is 2.80. The van der Waals surface area contributed by atoms with Gasteiger partial charge in [-0.15, -0.1) is 17.5 Å². The Labute approximate surface area is 158 Å². The summed E-state index contributed by atoms with van der Waals surface area (Å²) in [7, 11) is 0. The van der Waals surface area contributed by atoms with Gasteiger partial charge in [0.1, 0.15) is 0 Å². The highest BCUT2D eigenvalue weighted by Gasteiger charge is 2.17. The second-order valence-corrected chi connectivity index (χ2v) is 6.67. The number of nitrogens with zero attached hydrogens (tertiary/aromatic N) is 2. The van der Waals surface area contributed by atoms with Gasteiger partial charge in [-0.25, -0.2) is 4.68 Å². The number of fused-ring (bicyclic) bond motifs is 1. The number of halogens is 2. The summed E-state index contributed by atoms with van der Waals surface area (Å²) < 4.78 is 8.00. The van der Waals surface area contributed by atoms with Crippen LogP contribution in [0.3, 0.4) is 0 Å². The van der Waals surface area contributed by atoms with Crippen molar-refractivity contribution >= 4 is 34.9 Å². The van der Waals surface area contributed by atoms with Gasteiger partial charge >= 0.3 is 0 Å². The zero-order chi connectivity index (χ0) is 16.4. The van der Waals surface area contributed by atoms with Crippen LogP contribution in [0.1, 0.15) is 12.8 Å². The number of nitrogens with one attached hydrogen (secondary N) is 1. The smallest absolute Gasteiger partial charge is 0.241 e. The van der Waals surface area contributed by atoms with E-state index in [0.29, 0.717) is 23.4 Å². The van der Waals surface area contributed by atoms with Crippen molar-refractivity contribution in [2.75, 3.05) is 19.7 Å². The first-order valence-corrected chi connectivity index (χ1v) is 8.76. The van der Waals surface area contributed by atoms with Gasteiger partial charge in [0.15, 0.2) is 0 Å². The predicted octanol–water partition coefficient (Wildman–Crippen LogP) is 4.48. The van der Waals surface area contributed by atoms with Gasteiger partial charge in [-0.1, -0.05) is 29.8 Å². The molecule has 0 spiro atoms.